The molecule has 0 unspecified atom stereocenters. The summed E-state index contributed by atoms with van der Waals surface area (Å²) in [5.41, 5.74) is 2.06. The molecule has 9 heteroatoms. The van der Waals surface area contributed by atoms with Gasteiger partial charge in [0.15, 0.2) is 0 Å². The van der Waals surface area contributed by atoms with Gasteiger partial charge in [-0.15, -0.1) is 0 Å². The van der Waals surface area contributed by atoms with Crippen molar-refractivity contribution in [3.63, 3.8) is 0 Å². The molecule has 9 nitrogen and oxygen atoms in total. The number of benzene rings is 1. The van der Waals surface area contributed by atoms with Gasteiger partial charge in [-0.3, -0.25) is 14.6 Å². The number of hydrogen-bond donors (Lipinski definition) is 1. The van der Waals surface area contributed by atoms with Gasteiger partial charge in [0.25, 0.3) is 0 Å². The van der Waals surface area contributed by atoms with E-state index in [-0.39, 0.29) is 18.2 Å². The molecule has 4 rings (SSSR count). The monoisotopic (exact) mass is 407 g/mol. The largest absolute Gasteiger partial charge is 0.494 e. The summed E-state index contributed by atoms with van der Waals surface area (Å²) < 4.78 is 10.6. The lowest BCUT2D eigenvalue weighted by Gasteiger charge is -2.19. The molecule has 3 heterocycles. The Morgan fingerprint density at radius 1 is 1.33 bits per heavy atom. The van der Waals surface area contributed by atoms with Crippen molar-refractivity contribution in [3.8, 4) is 17.1 Å². The molecule has 154 valence electrons. The van der Waals surface area contributed by atoms with E-state index in [4.69, 9.17) is 9.26 Å². The minimum atomic E-state index is -0.192. The fourth-order valence-electron chi connectivity index (χ4n) is 3.29. The third-order valence-corrected chi connectivity index (χ3v) is 4.78. The van der Waals surface area contributed by atoms with Crippen LogP contribution in [0.3, 0.4) is 0 Å². The highest BCUT2D eigenvalue weighted by molar-refractivity contribution is 5.98. The van der Waals surface area contributed by atoms with Crippen molar-refractivity contribution in [2.24, 2.45) is 0 Å². The molecule has 1 aromatic carbocycles. The number of hydrogen-bond acceptors (Lipinski definition) is 7. The topological polar surface area (TPSA) is 110 Å². The minimum absolute atomic E-state index is 0.0790. The fraction of sp³-hybridized carbons (Fsp3) is 0.286. The van der Waals surface area contributed by atoms with Crippen LogP contribution in [-0.4, -0.2) is 40.6 Å². The summed E-state index contributed by atoms with van der Waals surface area (Å²) in [6, 6.07) is 8.88. The van der Waals surface area contributed by atoms with Crippen molar-refractivity contribution < 1.29 is 18.8 Å². The second-order valence-electron chi connectivity index (χ2n) is 6.84. The Labute approximate surface area is 173 Å². The van der Waals surface area contributed by atoms with E-state index < -0.39 is 0 Å². The minimum Gasteiger partial charge on any atom is -0.494 e. The molecule has 0 atom stereocenters. The van der Waals surface area contributed by atoms with Crippen molar-refractivity contribution in [2.45, 2.75) is 25.7 Å². The number of pyridine rings is 1. The molecule has 0 radical (unpaired) electrons. The Hall–Kier alpha value is -3.75. The Bertz CT molecular complexity index is 1050. The molecule has 0 saturated carbocycles. The normalized spacial score (nSPS) is 13.5. The van der Waals surface area contributed by atoms with Crippen LogP contribution in [0, 0.1) is 0 Å². The van der Waals surface area contributed by atoms with Crippen molar-refractivity contribution in [1.82, 2.24) is 15.1 Å². The van der Waals surface area contributed by atoms with Crippen molar-refractivity contribution in [2.75, 3.05) is 23.9 Å². The zero-order chi connectivity index (χ0) is 20.9. The van der Waals surface area contributed by atoms with Crippen LogP contribution >= 0.6 is 0 Å². The number of nitrogens with zero attached hydrogens (tertiary/aromatic N) is 4. The molecule has 1 saturated heterocycles. The van der Waals surface area contributed by atoms with Crippen LogP contribution in [0.4, 0.5) is 11.4 Å². The van der Waals surface area contributed by atoms with Gasteiger partial charge >= 0.3 is 0 Å². The molecule has 2 aromatic heterocycles. The first-order valence-electron chi connectivity index (χ1n) is 9.65. The Morgan fingerprint density at radius 3 is 2.97 bits per heavy atom. The van der Waals surface area contributed by atoms with Gasteiger partial charge in [-0.1, -0.05) is 5.16 Å². The lowest BCUT2D eigenvalue weighted by atomic mass is 10.2. The van der Waals surface area contributed by atoms with Gasteiger partial charge in [0.05, 0.1) is 12.8 Å². The highest BCUT2D eigenvalue weighted by Gasteiger charge is 2.24. The lowest BCUT2D eigenvalue weighted by Crippen LogP contribution is -2.24. The number of rotatable bonds is 7. The number of methoxy groups -OCH3 is 1. The fourth-order valence-corrected chi connectivity index (χ4v) is 3.29. The average Bonchev–Trinajstić information content (AvgIpc) is 3.42. The zero-order valence-electron chi connectivity index (χ0n) is 16.5. The number of aromatic nitrogens is 3. The molecule has 2 amide bonds. The van der Waals surface area contributed by atoms with Crippen LogP contribution in [0.15, 0.2) is 47.2 Å². The molecule has 3 aromatic rings. The summed E-state index contributed by atoms with van der Waals surface area (Å²) >= 11 is 0. The van der Waals surface area contributed by atoms with E-state index in [0.717, 1.165) is 12.0 Å². The molecule has 30 heavy (non-hydrogen) atoms. The number of anilines is 2. The van der Waals surface area contributed by atoms with Gasteiger partial charge < -0.3 is 19.5 Å². The number of carbonyl (C=O) groups is 2. The van der Waals surface area contributed by atoms with Crippen molar-refractivity contribution >= 4 is 23.2 Å². The maximum absolute atomic E-state index is 12.3. The molecule has 0 spiro atoms. The van der Waals surface area contributed by atoms with E-state index in [9.17, 15) is 9.59 Å². The van der Waals surface area contributed by atoms with Gasteiger partial charge in [0.1, 0.15) is 5.75 Å². The summed E-state index contributed by atoms with van der Waals surface area (Å²) in [6.07, 6.45) is 5.19. The molecule has 1 N–H and O–H groups in total. The van der Waals surface area contributed by atoms with E-state index in [1.807, 2.05) is 6.07 Å². The third kappa shape index (κ3) is 4.29. The summed E-state index contributed by atoms with van der Waals surface area (Å²) in [5.74, 6) is 1.25. The molecule has 1 aliphatic heterocycles. The Kier molecular flexibility index (Phi) is 5.69. The van der Waals surface area contributed by atoms with Crippen LogP contribution in [0.2, 0.25) is 0 Å². The Morgan fingerprint density at radius 2 is 2.23 bits per heavy atom. The average molecular weight is 407 g/mol. The number of ether oxygens (including phenoxy) is 1. The summed E-state index contributed by atoms with van der Waals surface area (Å²) in [7, 11) is 1.54. The van der Waals surface area contributed by atoms with Gasteiger partial charge in [0, 0.05) is 55.5 Å². The van der Waals surface area contributed by atoms with Gasteiger partial charge in [-0.05, 0) is 30.7 Å². The Balaban J connectivity index is 1.36. The van der Waals surface area contributed by atoms with E-state index in [2.05, 4.69) is 20.4 Å². The zero-order valence-corrected chi connectivity index (χ0v) is 16.5. The molecule has 1 aliphatic rings. The highest BCUT2D eigenvalue weighted by atomic mass is 16.5. The summed E-state index contributed by atoms with van der Waals surface area (Å²) in [4.78, 5) is 34.4. The van der Waals surface area contributed by atoms with E-state index in [1.54, 1.807) is 48.7 Å². The number of amides is 2. The smallest absolute Gasteiger partial charge is 0.227 e. The first kappa shape index (κ1) is 19.6. The van der Waals surface area contributed by atoms with Gasteiger partial charge in [-0.2, -0.15) is 4.98 Å². The standard InChI is InChI=1S/C21H21N5O4/c1-29-17-12-15(6-7-16(17)26-11-3-5-20(26)28)23-18(27)8-9-19-24-21(25-30-19)14-4-2-10-22-13-14/h2,4,6-7,10,12-13H,3,5,8-9,11H2,1H3,(H,23,27). The number of aryl methyl sites for hydroxylation is 1. The predicted molar refractivity (Wildman–Crippen MR) is 109 cm³/mol. The number of nitrogens with one attached hydrogen (secondary N) is 1. The summed E-state index contributed by atoms with van der Waals surface area (Å²) in [6.45, 7) is 0.673. The van der Waals surface area contributed by atoms with Crippen LogP contribution in [0.1, 0.15) is 25.2 Å². The van der Waals surface area contributed by atoms with E-state index in [0.29, 0.717) is 48.2 Å². The quantitative estimate of drug-likeness (QED) is 0.641. The molecular formula is C21H21N5O4. The van der Waals surface area contributed by atoms with Crippen LogP contribution in [0.5, 0.6) is 5.75 Å². The van der Waals surface area contributed by atoms with E-state index in [1.165, 1.54) is 0 Å². The molecule has 1 fully saturated rings. The van der Waals surface area contributed by atoms with Crippen LogP contribution in [-0.2, 0) is 16.0 Å². The third-order valence-electron chi connectivity index (χ3n) is 4.78. The number of carbonyl (C=O) groups excluding carboxylic acids is 2. The predicted octanol–water partition coefficient (Wildman–Crippen LogP) is 2.84. The van der Waals surface area contributed by atoms with Crippen molar-refractivity contribution in [1.29, 1.82) is 0 Å². The highest BCUT2D eigenvalue weighted by Crippen LogP contribution is 2.33. The summed E-state index contributed by atoms with van der Waals surface area (Å²) in [5, 5.41) is 6.75. The molecule has 0 bridgehead atoms. The molecular weight excluding hydrogens is 386 g/mol. The van der Waals surface area contributed by atoms with Gasteiger partial charge in [-0.25, -0.2) is 0 Å². The van der Waals surface area contributed by atoms with E-state index >= 15 is 0 Å². The second-order valence-corrected chi connectivity index (χ2v) is 6.84. The first-order chi connectivity index (χ1) is 14.6. The van der Waals surface area contributed by atoms with Crippen LogP contribution < -0.4 is 15.0 Å². The maximum Gasteiger partial charge on any atom is 0.227 e. The van der Waals surface area contributed by atoms with Gasteiger partial charge in [0.2, 0.25) is 23.5 Å². The van der Waals surface area contributed by atoms with Crippen molar-refractivity contribution in [3.05, 3.63) is 48.6 Å². The first-order valence-corrected chi connectivity index (χ1v) is 9.65. The maximum atomic E-state index is 12.3. The lowest BCUT2D eigenvalue weighted by molar-refractivity contribution is -0.117. The van der Waals surface area contributed by atoms with Crippen LogP contribution in [0.25, 0.3) is 11.4 Å². The second kappa shape index (κ2) is 8.73. The molecule has 0 aliphatic carbocycles. The SMILES string of the molecule is COc1cc(NC(=O)CCc2nc(-c3cccnc3)no2)ccc1N1CCCC1=O.